The molecule has 0 atom stereocenters. The van der Waals surface area contributed by atoms with Crippen molar-refractivity contribution in [3.8, 4) is 0 Å². The monoisotopic (exact) mass is 440 g/mol. The predicted molar refractivity (Wildman–Crippen MR) is 125 cm³/mol. The standard InChI is InChI=1S/C23H18Cl2N2OS/c1-2-13-27-22(28)20(14-16-9-5-11-18(24)21(16)25)29-23(27)26-19-12-6-8-15-7-3-4-10-17(15)19/h3-12,14H,2,13H2,1H3/b20-14+,26-23?. The van der Waals surface area contributed by atoms with Gasteiger partial charge in [-0.25, -0.2) is 4.99 Å². The molecule has 3 aromatic carbocycles. The molecule has 3 nitrogen and oxygen atoms in total. The van der Waals surface area contributed by atoms with Crippen molar-refractivity contribution in [3.63, 3.8) is 0 Å². The molecule has 1 heterocycles. The van der Waals surface area contributed by atoms with Crippen molar-refractivity contribution in [1.29, 1.82) is 0 Å². The third-order valence-electron chi connectivity index (χ3n) is 4.59. The van der Waals surface area contributed by atoms with Crippen molar-refractivity contribution in [2.45, 2.75) is 13.3 Å². The number of benzene rings is 3. The summed E-state index contributed by atoms with van der Waals surface area (Å²) < 4.78 is 0. The van der Waals surface area contributed by atoms with E-state index >= 15 is 0 Å². The lowest BCUT2D eigenvalue weighted by atomic mass is 10.1. The zero-order chi connectivity index (χ0) is 20.4. The highest BCUT2D eigenvalue weighted by Crippen LogP contribution is 2.37. The van der Waals surface area contributed by atoms with Crippen molar-refractivity contribution < 1.29 is 4.79 Å². The van der Waals surface area contributed by atoms with Gasteiger partial charge in [-0.3, -0.25) is 9.69 Å². The molecule has 1 saturated heterocycles. The molecule has 6 heteroatoms. The Morgan fingerprint density at radius 1 is 1.03 bits per heavy atom. The Labute approximate surface area is 184 Å². The molecule has 146 valence electrons. The maximum Gasteiger partial charge on any atom is 0.266 e. The first-order chi connectivity index (χ1) is 14.1. The second-order valence-corrected chi connectivity index (χ2v) is 8.40. The number of rotatable bonds is 4. The number of amides is 1. The molecule has 4 rings (SSSR count). The summed E-state index contributed by atoms with van der Waals surface area (Å²) in [6, 6.07) is 19.5. The first kappa shape index (κ1) is 20.0. The summed E-state index contributed by atoms with van der Waals surface area (Å²) in [6.45, 7) is 2.65. The van der Waals surface area contributed by atoms with Crippen LogP contribution < -0.4 is 0 Å². The average molecular weight is 441 g/mol. The molecule has 0 aromatic heterocycles. The van der Waals surface area contributed by atoms with Gasteiger partial charge in [-0.1, -0.05) is 78.7 Å². The predicted octanol–water partition coefficient (Wildman–Crippen LogP) is 7.16. The zero-order valence-electron chi connectivity index (χ0n) is 15.7. The lowest BCUT2D eigenvalue weighted by molar-refractivity contribution is -0.122. The molecule has 1 fully saturated rings. The van der Waals surface area contributed by atoms with Gasteiger partial charge in [0.1, 0.15) is 0 Å². The Balaban J connectivity index is 1.77. The maximum atomic E-state index is 13.0. The second kappa shape index (κ2) is 8.62. The van der Waals surface area contributed by atoms with E-state index in [4.69, 9.17) is 28.2 Å². The highest BCUT2D eigenvalue weighted by molar-refractivity contribution is 8.18. The van der Waals surface area contributed by atoms with Crippen molar-refractivity contribution >= 4 is 68.6 Å². The molecule has 0 radical (unpaired) electrons. The number of carbonyl (C=O) groups is 1. The third-order valence-corrected chi connectivity index (χ3v) is 6.43. The van der Waals surface area contributed by atoms with Crippen molar-refractivity contribution in [1.82, 2.24) is 4.90 Å². The Hall–Kier alpha value is -2.27. The van der Waals surface area contributed by atoms with Gasteiger partial charge in [0.05, 0.1) is 20.6 Å². The highest BCUT2D eigenvalue weighted by Gasteiger charge is 2.33. The number of hydrogen-bond acceptors (Lipinski definition) is 3. The quantitative estimate of drug-likeness (QED) is 0.403. The summed E-state index contributed by atoms with van der Waals surface area (Å²) in [6.07, 6.45) is 2.63. The van der Waals surface area contributed by atoms with Gasteiger partial charge in [-0.15, -0.1) is 0 Å². The molecule has 0 N–H and O–H groups in total. The van der Waals surface area contributed by atoms with Crippen molar-refractivity contribution in [2.24, 2.45) is 4.99 Å². The molecule has 3 aromatic rings. The van der Waals surface area contributed by atoms with E-state index in [1.807, 2.05) is 49.4 Å². The molecule has 1 aliphatic heterocycles. The number of fused-ring (bicyclic) bond motifs is 1. The van der Waals surface area contributed by atoms with Crippen LogP contribution in [0.5, 0.6) is 0 Å². The summed E-state index contributed by atoms with van der Waals surface area (Å²) >= 11 is 13.8. The average Bonchev–Trinajstić information content (AvgIpc) is 3.01. The van der Waals surface area contributed by atoms with Crippen LogP contribution in [0.2, 0.25) is 10.0 Å². The summed E-state index contributed by atoms with van der Waals surface area (Å²) in [5.74, 6) is -0.0631. The molecule has 0 bridgehead atoms. The Morgan fingerprint density at radius 3 is 2.62 bits per heavy atom. The molecule has 0 spiro atoms. The second-order valence-electron chi connectivity index (χ2n) is 6.60. The molecule has 29 heavy (non-hydrogen) atoms. The minimum atomic E-state index is -0.0631. The van der Waals surface area contributed by atoms with Gasteiger partial charge in [0.2, 0.25) is 0 Å². The van der Waals surface area contributed by atoms with E-state index < -0.39 is 0 Å². The largest absolute Gasteiger partial charge is 0.286 e. The molecule has 1 aliphatic rings. The minimum Gasteiger partial charge on any atom is -0.286 e. The summed E-state index contributed by atoms with van der Waals surface area (Å²) in [5, 5.41) is 3.76. The SMILES string of the molecule is CCCN1C(=O)/C(=C\c2cccc(Cl)c2Cl)SC1=Nc1cccc2ccccc12. The molecule has 0 saturated carbocycles. The Kier molecular flexibility index (Phi) is 5.95. The van der Waals surface area contributed by atoms with Crippen LogP contribution in [0.15, 0.2) is 70.6 Å². The van der Waals surface area contributed by atoms with Crippen molar-refractivity contribution in [3.05, 3.63) is 81.2 Å². The van der Waals surface area contributed by atoms with Crippen LogP contribution in [0.1, 0.15) is 18.9 Å². The van der Waals surface area contributed by atoms with E-state index in [1.165, 1.54) is 11.8 Å². The van der Waals surface area contributed by atoms with Crippen LogP contribution in [0.25, 0.3) is 16.8 Å². The summed E-state index contributed by atoms with van der Waals surface area (Å²) in [7, 11) is 0. The van der Waals surface area contributed by atoms with E-state index in [0.717, 1.165) is 28.4 Å². The van der Waals surface area contributed by atoms with Gasteiger partial charge in [0.25, 0.3) is 5.91 Å². The van der Waals surface area contributed by atoms with Crippen LogP contribution in [0.4, 0.5) is 5.69 Å². The van der Waals surface area contributed by atoms with Gasteiger partial charge in [0.15, 0.2) is 5.17 Å². The minimum absolute atomic E-state index is 0.0631. The normalized spacial score (nSPS) is 17.1. The number of thioether (sulfide) groups is 1. The van der Waals surface area contributed by atoms with Crippen LogP contribution in [0, 0.1) is 0 Å². The highest BCUT2D eigenvalue weighted by atomic mass is 35.5. The number of amidine groups is 1. The van der Waals surface area contributed by atoms with Crippen LogP contribution in [0.3, 0.4) is 0 Å². The van der Waals surface area contributed by atoms with E-state index in [-0.39, 0.29) is 5.91 Å². The molecular weight excluding hydrogens is 423 g/mol. The summed E-state index contributed by atoms with van der Waals surface area (Å²) in [4.78, 5) is 20.2. The number of halogens is 2. The Bertz CT molecular complexity index is 1150. The lowest BCUT2D eigenvalue weighted by Crippen LogP contribution is -2.29. The third kappa shape index (κ3) is 4.06. The van der Waals surface area contributed by atoms with Gasteiger partial charge >= 0.3 is 0 Å². The number of aliphatic imine (C=N–C) groups is 1. The topological polar surface area (TPSA) is 32.7 Å². The van der Waals surface area contributed by atoms with Gasteiger partial charge in [-0.2, -0.15) is 0 Å². The number of carbonyl (C=O) groups excluding carboxylic acids is 1. The smallest absolute Gasteiger partial charge is 0.266 e. The maximum absolute atomic E-state index is 13.0. The van der Waals surface area contributed by atoms with E-state index in [9.17, 15) is 4.79 Å². The first-order valence-corrected chi connectivity index (χ1v) is 10.9. The molecular formula is C23H18Cl2N2OS. The van der Waals surface area contributed by atoms with Gasteiger partial charge in [-0.05, 0) is 47.3 Å². The van der Waals surface area contributed by atoms with Crippen LogP contribution >= 0.6 is 35.0 Å². The lowest BCUT2D eigenvalue weighted by Gasteiger charge is -2.14. The van der Waals surface area contributed by atoms with E-state index in [0.29, 0.717) is 26.7 Å². The van der Waals surface area contributed by atoms with Crippen LogP contribution in [-0.4, -0.2) is 22.5 Å². The molecule has 1 amide bonds. The number of nitrogens with zero attached hydrogens (tertiary/aromatic N) is 2. The zero-order valence-corrected chi connectivity index (χ0v) is 18.1. The fourth-order valence-corrected chi connectivity index (χ4v) is 4.57. The van der Waals surface area contributed by atoms with Gasteiger partial charge in [0, 0.05) is 11.9 Å². The van der Waals surface area contributed by atoms with E-state index in [1.54, 1.807) is 17.0 Å². The fraction of sp³-hybridized carbons (Fsp3) is 0.130. The van der Waals surface area contributed by atoms with Gasteiger partial charge < -0.3 is 0 Å². The fourth-order valence-electron chi connectivity index (χ4n) is 3.19. The summed E-state index contributed by atoms with van der Waals surface area (Å²) in [5.41, 5.74) is 1.57. The first-order valence-electron chi connectivity index (χ1n) is 9.30. The molecule has 0 aliphatic carbocycles. The number of hydrogen-bond donors (Lipinski definition) is 0. The molecule has 0 unspecified atom stereocenters. The Morgan fingerprint density at radius 2 is 1.79 bits per heavy atom. The van der Waals surface area contributed by atoms with Crippen molar-refractivity contribution in [2.75, 3.05) is 6.54 Å². The van der Waals surface area contributed by atoms with Crippen LogP contribution in [-0.2, 0) is 4.79 Å². The van der Waals surface area contributed by atoms with E-state index in [2.05, 4.69) is 12.1 Å².